The summed E-state index contributed by atoms with van der Waals surface area (Å²) >= 11 is 0. The maximum Gasteiger partial charge on any atom is 0.0492 e. The van der Waals surface area contributed by atoms with Crippen LogP contribution in [0.4, 0.5) is 0 Å². The SMILES string of the molecule is CCC(N)C(C)c1ccnn1C. The van der Waals surface area contributed by atoms with Crippen LogP contribution in [0.25, 0.3) is 0 Å². The predicted molar refractivity (Wildman–Crippen MR) is 49.9 cm³/mol. The third-order valence-electron chi connectivity index (χ3n) is 2.44. The first kappa shape index (κ1) is 9.26. The predicted octanol–water partition coefficient (Wildman–Crippen LogP) is 1.26. The quantitative estimate of drug-likeness (QED) is 0.736. The van der Waals surface area contributed by atoms with Gasteiger partial charge in [-0.1, -0.05) is 13.8 Å². The molecule has 1 aromatic heterocycles. The van der Waals surface area contributed by atoms with E-state index in [2.05, 4.69) is 18.9 Å². The van der Waals surface area contributed by atoms with Crippen LogP contribution in [0.1, 0.15) is 31.9 Å². The van der Waals surface area contributed by atoms with Gasteiger partial charge in [0.15, 0.2) is 0 Å². The molecule has 3 heteroatoms. The van der Waals surface area contributed by atoms with Crippen molar-refractivity contribution in [1.29, 1.82) is 0 Å². The largest absolute Gasteiger partial charge is 0.327 e. The average Bonchev–Trinajstić information content (AvgIpc) is 2.48. The molecule has 12 heavy (non-hydrogen) atoms. The van der Waals surface area contributed by atoms with Crippen LogP contribution in [0.5, 0.6) is 0 Å². The Bertz CT molecular complexity index is 242. The molecule has 0 bridgehead atoms. The first-order valence-corrected chi connectivity index (χ1v) is 4.40. The second-order valence-corrected chi connectivity index (χ2v) is 3.24. The Morgan fingerprint density at radius 3 is 2.75 bits per heavy atom. The molecule has 3 nitrogen and oxygen atoms in total. The molecule has 2 unspecified atom stereocenters. The van der Waals surface area contributed by atoms with E-state index in [-0.39, 0.29) is 6.04 Å². The summed E-state index contributed by atoms with van der Waals surface area (Å²) in [4.78, 5) is 0. The van der Waals surface area contributed by atoms with E-state index in [1.165, 1.54) is 5.69 Å². The smallest absolute Gasteiger partial charge is 0.0492 e. The zero-order valence-electron chi connectivity index (χ0n) is 7.99. The Kier molecular flexibility index (Phi) is 2.87. The van der Waals surface area contributed by atoms with E-state index in [1.807, 2.05) is 24.0 Å². The highest BCUT2D eigenvalue weighted by molar-refractivity contribution is 5.08. The number of rotatable bonds is 3. The Balaban J connectivity index is 2.77. The molecular formula is C9H17N3. The van der Waals surface area contributed by atoms with Gasteiger partial charge in [0.2, 0.25) is 0 Å². The molecule has 0 aliphatic rings. The molecule has 1 rings (SSSR count). The second kappa shape index (κ2) is 3.72. The molecule has 0 saturated carbocycles. The molecule has 1 heterocycles. The Morgan fingerprint density at radius 1 is 1.67 bits per heavy atom. The number of nitrogens with zero attached hydrogens (tertiary/aromatic N) is 2. The van der Waals surface area contributed by atoms with Gasteiger partial charge in [-0.3, -0.25) is 4.68 Å². The van der Waals surface area contributed by atoms with Gasteiger partial charge in [-0.15, -0.1) is 0 Å². The lowest BCUT2D eigenvalue weighted by Crippen LogP contribution is -2.27. The van der Waals surface area contributed by atoms with E-state index in [1.54, 1.807) is 0 Å². The second-order valence-electron chi connectivity index (χ2n) is 3.24. The minimum atomic E-state index is 0.236. The Morgan fingerprint density at radius 2 is 2.33 bits per heavy atom. The zero-order chi connectivity index (χ0) is 9.14. The third kappa shape index (κ3) is 1.67. The Hall–Kier alpha value is -0.830. The van der Waals surface area contributed by atoms with Crippen molar-refractivity contribution in [3.05, 3.63) is 18.0 Å². The average molecular weight is 167 g/mol. The molecule has 68 valence electrons. The fraction of sp³-hybridized carbons (Fsp3) is 0.667. The molecule has 0 saturated heterocycles. The van der Waals surface area contributed by atoms with Crippen molar-refractivity contribution in [3.63, 3.8) is 0 Å². The van der Waals surface area contributed by atoms with Crippen molar-refractivity contribution in [2.24, 2.45) is 12.8 Å². The molecule has 0 aliphatic carbocycles. The number of aromatic nitrogens is 2. The number of aryl methyl sites for hydroxylation is 1. The van der Waals surface area contributed by atoms with Crippen LogP contribution in [0.2, 0.25) is 0 Å². The highest BCUT2D eigenvalue weighted by Crippen LogP contribution is 2.18. The highest BCUT2D eigenvalue weighted by atomic mass is 15.3. The maximum atomic E-state index is 5.94. The summed E-state index contributed by atoms with van der Waals surface area (Å²) in [5.41, 5.74) is 7.15. The number of hydrogen-bond donors (Lipinski definition) is 1. The van der Waals surface area contributed by atoms with Crippen LogP contribution in [-0.4, -0.2) is 15.8 Å². The van der Waals surface area contributed by atoms with E-state index < -0.39 is 0 Å². The fourth-order valence-electron chi connectivity index (χ4n) is 1.40. The fourth-order valence-corrected chi connectivity index (χ4v) is 1.40. The van der Waals surface area contributed by atoms with Crippen molar-refractivity contribution in [2.45, 2.75) is 32.2 Å². The summed E-state index contributed by atoms with van der Waals surface area (Å²) in [7, 11) is 1.95. The number of hydrogen-bond acceptors (Lipinski definition) is 2. The maximum absolute atomic E-state index is 5.94. The van der Waals surface area contributed by atoms with Crippen LogP contribution in [0, 0.1) is 0 Å². The van der Waals surface area contributed by atoms with Crippen molar-refractivity contribution in [3.8, 4) is 0 Å². The lowest BCUT2D eigenvalue weighted by molar-refractivity contribution is 0.516. The monoisotopic (exact) mass is 167 g/mol. The lowest BCUT2D eigenvalue weighted by atomic mass is 9.97. The minimum Gasteiger partial charge on any atom is -0.327 e. The summed E-state index contributed by atoms with van der Waals surface area (Å²) in [6, 6.07) is 2.26. The molecule has 1 aromatic rings. The van der Waals surface area contributed by atoms with E-state index >= 15 is 0 Å². The van der Waals surface area contributed by atoms with Gasteiger partial charge >= 0.3 is 0 Å². The standard InChI is InChI=1S/C9H17N3/c1-4-8(10)7(2)9-5-6-11-12(9)3/h5-8H,4,10H2,1-3H3. The van der Waals surface area contributed by atoms with Crippen molar-refractivity contribution in [1.82, 2.24) is 9.78 Å². The molecule has 0 fully saturated rings. The van der Waals surface area contributed by atoms with Crippen LogP contribution >= 0.6 is 0 Å². The highest BCUT2D eigenvalue weighted by Gasteiger charge is 2.15. The van der Waals surface area contributed by atoms with Crippen LogP contribution in [0.3, 0.4) is 0 Å². The molecule has 0 amide bonds. The van der Waals surface area contributed by atoms with Gasteiger partial charge in [-0.2, -0.15) is 5.10 Å². The summed E-state index contributed by atoms with van der Waals surface area (Å²) in [6.45, 7) is 4.25. The van der Waals surface area contributed by atoms with Crippen molar-refractivity contribution < 1.29 is 0 Å². The van der Waals surface area contributed by atoms with E-state index in [0.29, 0.717) is 5.92 Å². The first-order chi connectivity index (χ1) is 5.66. The van der Waals surface area contributed by atoms with Gasteiger partial charge in [0, 0.05) is 30.9 Å². The third-order valence-corrected chi connectivity index (χ3v) is 2.44. The number of nitrogens with two attached hydrogens (primary N) is 1. The minimum absolute atomic E-state index is 0.236. The molecule has 0 spiro atoms. The van der Waals surface area contributed by atoms with E-state index in [9.17, 15) is 0 Å². The molecule has 2 atom stereocenters. The summed E-state index contributed by atoms with van der Waals surface area (Å²) in [6.07, 6.45) is 2.82. The van der Waals surface area contributed by atoms with Gasteiger partial charge in [-0.25, -0.2) is 0 Å². The van der Waals surface area contributed by atoms with E-state index in [0.717, 1.165) is 6.42 Å². The molecule has 0 aromatic carbocycles. The van der Waals surface area contributed by atoms with Gasteiger partial charge in [0.1, 0.15) is 0 Å². The van der Waals surface area contributed by atoms with Crippen LogP contribution < -0.4 is 5.73 Å². The normalized spacial score (nSPS) is 16.0. The summed E-state index contributed by atoms with van der Waals surface area (Å²) in [5.74, 6) is 0.391. The first-order valence-electron chi connectivity index (χ1n) is 4.40. The van der Waals surface area contributed by atoms with E-state index in [4.69, 9.17) is 5.73 Å². The van der Waals surface area contributed by atoms with Crippen molar-refractivity contribution >= 4 is 0 Å². The van der Waals surface area contributed by atoms with Gasteiger partial charge in [0.05, 0.1) is 0 Å². The zero-order valence-corrected chi connectivity index (χ0v) is 7.99. The lowest BCUT2D eigenvalue weighted by Gasteiger charge is -2.18. The Labute approximate surface area is 73.6 Å². The molecule has 0 radical (unpaired) electrons. The van der Waals surface area contributed by atoms with Gasteiger partial charge in [0.25, 0.3) is 0 Å². The molecular weight excluding hydrogens is 150 g/mol. The van der Waals surface area contributed by atoms with Crippen LogP contribution in [-0.2, 0) is 7.05 Å². The summed E-state index contributed by atoms with van der Waals surface area (Å²) in [5, 5.41) is 4.12. The van der Waals surface area contributed by atoms with Crippen LogP contribution in [0.15, 0.2) is 12.3 Å². The van der Waals surface area contributed by atoms with Gasteiger partial charge < -0.3 is 5.73 Å². The summed E-state index contributed by atoms with van der Waals surface area (Å²) < 4.78 is 1.89. The molecule has 2 N–H and O–H groups in total. The molecule has 0 aliphatic heterocycles. The topological polar surface area (TPSA) is 43.8 Å². The van der Waals surface area contributed by atoms with Gasteiger partial charge in [-0.05, 0) is 12.5 Å². The van der Waals surface area contributed by atoms with Crippen molar-refractivity contribution in [2.75, 3.05) is 0 Å².